The molecule has 2 nitrogen and oxygen atoms in total. The van der Waals surface area contributed by atoms with Crippen LogP contribution in [0.15, 0.2) is 12.1 Å². The molecule has 0 radical (unpaired) electrons. The zero-order valence-electron chi connectivity index (χ0n) is 10.7. The van der Waals surface area contributed by atoms with Crippen LogP contribution >= 0.6 is 0 Å². The predicted molar refractivity (Wildman–Crippen MR) is 66.9 cm³/mol. The molecule has 1 atom stereocenters. The van der Waals surface area contributed by atoms with Crippen molar-refractivity contribution in [2.24, 2.45) is 5.73 Å². The minimum Gasteiger partial charge on any atom is -0.496 e. The van der Waals surface area contributed by atoms with Gasteiger partial charge in [0.1, 0.15) is 11.6 Å². The third kappa shape index (κ3) is 1.93. The second-order valence-electron chi connectivity index (χ2n) is 4.94. The van der Waals surface area contributed by atoms with E-state index >= 15 is 0 Å². The van der Waals surface area contributed by atoms with Crippen molar-refractivity contribution in [2.45, 2.75) is 44.6 Å². The molecule has 0 heterocycles. The lowest BCUT2D eigenvalue weighted by Crippen LogP contribution is -2.31. The summed E-state index contributed by atoms with van der Waals surface area (Å²) in [6, 6.07) is 3.65. The van der Waals surface area contributed by atoms with Gasteiger partial charge >= 0.3 is 0 Å². The predicted octanol–water partition coefficient (Wildman–Crippen LogP) is 2.78. The highest BCUT2D eigenvalue weighted by molar-refractivity contribution is 5.44. The average Bonchev–Trinajstić information content (AvgIpc) is 3.08. The first-order chi connectivity index (χ1) is 8.05. The first kappa shape index (κ1) is 12.4. The fourth-order valence-electron chi connectivity index (χ4n) is 2.57. The first-order valence-corrected chi connectivity index (χ1v) is 6.17. The minimum atomic E-state index is -0.172. The minimum absolute atomic E-state index is 0.0274. The Balaban J connectivity index is 2.47. The number of methoxy groups -OCH3 is 1. The number of hydrogen-bond donors (Lipinski definition) is 1. The number of hydrogen-bond acceptors (Lipinski definition) is 2. The van der Waals surface area contributed by atoms with Crippen LogP contribution in [0, 0.1) is 5.82 Å². The molecular formula is C14H20FNO. The van der Waals surface area contributed by atoms with Gasteiger partial charge in [0.15, 0.2) is 0 Å². The Morgan fingerprint density at radius 2 is 2.12 bits per heavy atom. The molecule has 1 saturated carbocycles. The number of benzene rings is 1. The summed E-state index contributed by atoms with van der Waals surface area (Å²) in [4.78, 5) is 0. The molecule has 0 aromatic heterocycles. The summed E-state index contributed by atoms with van der Waals surface area (Å²) in [5.41, 5.74) is 7.62. The van der Waals surface area contributed by atoms with Gasteiger partial charge in [-0.05, 0) is 43.9 Å². The van der Waals surface area contributed by atoms with Gasteiger partial charge in [-0.2, -0.15) is 0 Å². The Morgan fingerprint density at radius 3 is 2.53 bits per heavy atom. The monoisotopic (exact) mass is 237 g/mol. The largest absolute Gasteiger partial charge is 0.496 e. The Kier molecular flexibility index (Phi) is 3.13. The standard InChI is InChI=1S/C14H20FNO/c1-4-11-12(15)7-10(8-13(11)17-3)14(5-6-14)9(2)16/h7-9H,4-6,16H2,1-3H3. The molecule has 0 amide bonds. The van der Waals surface area contributed by atoms with Crippen LogP contribution in [0.2, 0.25) is 0 Å². The highest BCUT2D eigenvalue weighted by Gasteiger charge is 2.47. The SMILES string of the molecule is CCc1c(F)cc(C2(C(C)N)CC2)cc1OC. The normalized spacial score (nSPS) is 18.9. The van der Waals surface area contributed by atoms with Gasteiger partial charge in [-0.15, -0.1) is 0 Å². The van der Waals surface area contributed by atoms with E-state index in [1.807, 2.05) is 19.9 Å². The van der Waals surface area contributed by atoms with E-state index in [1.165, 1.54) is 0 Å². The van der Waals surface area contributed by atoms with Crippen LogP contribution in [0.5, 0.6) is 5.75 Å². The third-order valence-electron chi connectivity index (χ3n) is 3.96. The van der Waals surface area contributed by atoms with Crippen LogP contribution in [-0.4, -0.2) is 13.2 Å². The number of rotatable bonds is 4. The van der Waals surface area contributed by atoms with Crippen LogP contribution in [0.4, 0.5) is 4.39 Å². The topological polar surface area (TPSA) is 35.2 Å². The van der Waals surface area contributed by atoms with E-state index in [2.05, 4.69) is 0 Å². The highest BCUT2D eigenvalue weighted by atomic mass is 19.1. The van der Waals surface area contributed by atoms with Gasteiger partial charge in [0.05, 0.1) is 7.11 Å². The van der Waals surface area contributed by atoms with E-state index in [0.717, 1.165) is 18.4 Å². The van der Waals surface area contributed by atoms with Crippen LogP contribution in [0.25, 0.3) is 0 Å². The van der Waals surface area contributed by atoms with Crippen molar-refractivity contribution in [1.29, 1.82) is 0 Å². The van der Waals surface area contributed by atoms with E-state index in [9.17, 15) is 4.39 Å². The molecule has 0 bridgehead atoms. The molecule has 1 aromatic carbocycles. The van der Waals surface area contributed by atoms with Gasteiger partial charge < -0.3 is 10.5 Å². The van der Waals surface area contributed by atoms with Crippen molar-refractivity contribution in [3.05, 3.63) is 29.1 Å². The Labute approximate surface area is 102 Å². The smallest absolute Gasteiger partial charge is 0.130 e. The van der Waals surface area contributed by atoms with Crippen LogP contribution in [0.3, 0.4) is 0 Å². The molecule has 1 unspecified atom stereocenters. The molecule has 0 spiro atoms. The molecule has 0 saturated heterocycles. The lowest BCUT2D eigenvalue weighted by atomic mass is 9.88. The first-order valence-electron chi connectivity index (χ1n) is 6.17. The molecule has 1 fully saturated rings. The quantitative estimate of drug-likeness (QED) is 0.874. The van der Waals surface area contributed by atoms with Gasteiger partial charge in [0.2, 0.25) is 0 Å². The zero-order valence-corrected chi connectivity index (χ0v) is 10.7. The fourth-order valence-corrected chi connectivity index (χ4v) is 2.57. The molecule has 17 heavy (non-hydrogen) atoms. The molecular weight excluding hydrogens is 217 g/mol. The number of nitrogens with two attached hydrogens (primary N) is 1. The molecule has 94 valence electrons. The molecule has 1 aliphatic carbocycles. The third-order valence-corrected chi connectivity index (χ3v) is 3.96. The van der Waals surface area contributed by atoms with Gasteiger partial charge in [-0.25, -0.2) is 4.39 Å². The van der Waals surface area contributed by atoms with Crippen molar-refractivity contribution in [3.8, 4) is 5.75 Å². The van der Waals surface area contributed by atoms with Crippen molar-refractivity contribution >= 4 is 0 Å². The van der Waals surface area contributed by atoms with Crippen LogP contribution < -0.4 is 10.5 Å². The maximum atomic E-state index is 14.0. The summed E-state index contributed by atoms with van der Waals surface area (Å²) in [5.74, 6) is 0.475. The van der Waals surface area contributed by atoms with Gasteiger partial charge in [-0.3, -0.25) is 0 Å². The summed E-state index contributed by atoms with van der Waals surface area (Å²) >= 11 is 0. The van der Waals surface area contributed by atoms with Gasteiger partial charge in [-0.1, -0.05) is 6.92 Å². The van der Waals surface area contributed by atoms with E-state index in [4.69, 9.17) is 10.5 Å². The molecule has 2 N–H and O–H groups in total. The number of ether oxygens (including phenoxy) is 1. The fraction of sp³-hybridized carbons (Fsp3) is 0.571. The van der Waals surface area contributed by atoms with E-state index < -0.39 is 0 Å². The lowest BCUT2D eigenvalue weighted by Gasteiger charge is -2.22. The Morgan fingerprint density at radius 1 is 1.47 bits per heavy atom. The molecule has 1 aliphatic rings. The number of halogens is 1. The summed E-state index contributed by atoms with van der Waals surface area (Å²) in [6.45, 7) is 3.92. The Hall–Kier alpha value is -1.09. The van der Waals surface area contributed by atoms with Crippen LogP contribution in [0.1, 0.15) is 37.8 Å². The lowest BCUT2D eigenvalue weighted by molar-refractivity contribution is 0.402. The van der Waals surface area contributed by atoms with E-state index in [1.54, 1.807) is 13.2 Å². The van der Waals surface area contributed by atoms with E-state index in [-0.39, 0.29) is 17.3 Å². The van der Waals surface area contributed by atoms with Crippen molar-refractivity contribution in [1.82, 2.24) is 0 Å². The van der Waals surface area contributed by atoms with Crippen LogP contribution in [-0.2, 0) is 11.8 Å². The van der Waals surface area contributed by atoms with Gasteiger partial charge in [0, 0.05) is 17.0 Å². The summed E-state index contributed by atoms with van der Waals surface area (Å²) < 4.78 is 19.3. The molecule has 1 aromatic rings. The van der Waals surface area contributed by atoms with Crippen molar-refractivity contribution < 1.29 is 9.13 Å². The average molecular weight is 237 g/mol. The second-order valence-corrected chi connectivity index (χ2v) is 4.94. The highest BCUT2D eigenvalue weighted by Crippen LogP contribution is 2.51. The summed E-state index contributed by atoms with van der Waals surface area (Å²) in [5, 5.41) is 0. The Bertz CT molecular complexity index is 424. The molecule has 2 rings (SSSR count). The molecule has 3 heteroatoms. The summed E-state index contributed by atoms with van der Waals surface area (Å²) in [7, 11) is 1.59. The van der Waals surface area contributed by atoms with Crippen molar-refractivity contribution in [3.63, 3.8) is 0 Å². The summed E-state index contributed by atoms with van der Waals surface area (Å²) in [6.07, 6.45) is 2.72. The van der Waals surface area contributed by atoms with E-state index in [0.29, 0.717) is 17.7 Å². The van der Waals surface area contributed by atoms with Crippen molar-refractivity contribution in [2.75, 3.05) is 7.11 Å². The van der Waals surface area contributed by atoms with Gasteiger partial charge in [0.25, 0.3) is 0 Å². The zero-order chi connectivity index (χ0) is 12.6. The maximum Gasteiger partial charge on any atom is 0.130 e. The maximum absolute atomic E-state index is 14.0. The molecule has 0 aliphatic heterocycles. The second kappa shape index (κ2) is 4.30.